The van der Waals surface area contributed by atoms with E-state index in [0.29, 0.717) is 19.7 Å². The van der Waals surface area contributed by atoms with E-state index in [0.717, 1.165) is 17.9 Å². The molecule has 0 radical (unpaired) electrons. The minimum Gasteiger partial charge on any atom is -0.497 e. The van der Waals surface area contributed by atoms with Crippen LogP contribution in [0.2, 0.25) is 0 Å². The summed E-state index contributed by atoms with van der Waals surface area (Å²) < 4.78 is 10.6. The minimum atomic E-state index is 0.0174. The largest absolute Gasteiger partial charge is 0.497 e. The van der Waals surface area contributed by atoms with Gasteiger partial charge in [-0.1, -0.05) is 6.92 Å². The molecule has 2 N–H and O–H groups in total. The highest BCUT2D eigenvalue weighted by Crippen LogP contribution is 2.16. The van der Waals surface area contributed by atoms with Crippen LogP contribution in [0.25, 0.3) is 0 Å². The molecule has 112 valence electrons. The summed E-state index contributed by atoms with van der Waals surface area (Å²) in [7, 11) is 1.63. The lowest BCUT2D eigenvalue weighted by molar-refractivity contribution is -0.120. The third kappa shape index (κ3) is 6.43. The maximum atomic E-state index is 11.5. The van der Waals surface area contributed by atoms with Crippen molar-refractivity contribution in [2.75, 3.05) is 26.8 Å². The number of rotatable bonds is 9. The van der Waals surface area contributed by atoms with Crippen molar-refractivity contribution in [1.29, 1.82) is 0 Å². The van der Waals surface area contributed by atoms with Crippen molar-refractivity contribution in [1.82, 2.24) is 10.6 Å². The van der Waals surface area contributed by atoms with Crippen LogP contribution in [0.15, 0.2) is 24.3 Å². The number of nitrogens with one attached hydrogen (secondary N) is 2. The van der Waals surface area contributed by atoms with Gasteiger partial charge >= 0.3 is 0 Å². The van der Waals surface area contributed by atoms with Crippen molar-refractivity contribution >= 4 is 5.91 Å². The molecule has 0 fully saturated rings. The molecule has 0 saturated carbocycles. The number of carbonyl (C=O) groups excluding carboxylic acids is 1. The lowest BCUT2D eigenvalue weighted by Crippen LogP contribution is -2.39. The van der Waals surface area contributed by atoms with Crippen molar-refractivity contribution in [3.8, 4) is 11.5 Å². The van der Waals surface area contributed by atoms with Crippen molar-refractivity contribution in [2.24, 2.45) is 0 Å². The molecule has 1 rings (SSSR count). The van der Waals surface area contributed by atoms with Crippen LogP contribution in [0.4, 0.5) is 0 Å². The summed E-state index contributed by atoms with van der Waals surface area (Å²) in [6, 6.07) is 7.63. The maximum absolute atomic E-state index is 11.5. The van der Waals surface area contributed by atoms with E-state index in [2.05, 4.69) is 10.6 Å². The van der Waals surface area contributed by atoms with E-state index in [4.69, 9.17) is 9.47 Å². The fourth-order valence-corrected chi connectivity index (χ4v) is 1.54. The Labute approximate surface area is 120 Å². The quantitative estimate of drug-likeness (QED) is 0.674. The Kier molecular flexibility index (Phi) is 7.50. The van der Waals surface area contributed by atoms with Crippen molar-refractivity contribution in [2.45, 2.75) is 26.3 Å². The first-order valence-corrected chi connectivity index (χ1v) is 6.92. The predicted octanol–water partition coefficient (Wildman–Crippen LogP) is 1.58. The molecular formula is C15H24N2O3. The van der Waals surface area contributed by atoms with Crippen LogP contribution in [0.1, 0.15) is 20.3 Å². The highest BCUT2D eigenvalue weighted by atomic mass is 16.5. The molecular weight excluding hydrogens is 256 g/mol. The second kappa shape index (κ2) is 9.20. The number of ether oxygens (including phenoxy) is 2. The summed E-state index contributed by atoms with van der Waals surface area (Å²) in [6.07, 6.45) is 0.937. The molecule has 0 aromatic heterocycles. The molecule has 1 atom stereocenters. The molecule has 1 amide bonds. The summed E-state index contributed by atoms with van der Waals surface area (Å²) in [4.78, 5) is 11.5. The topological polar surface area (TPSA) is 59.6 Å². The zero-order chi connectivity index (χ0) is 14.8. The van der Waals surface area contributed by atoms with Crippen LogP contribution in [-0.4, -0.2) is 38.8 Å². The van der Waals surface area contributed by atoms with Crippen LogP contribution in [0, 0.1) is 0 Å². The molecule has 0 aliphatic rings. The third-order valence-corrected chi connectivity index (χ3v) is 2.91. The van der Waals surface area contributed by atoms with E-state index in [1.54, 1.807) is 7.11 Å². The number of hydrogen-bond donors (Lipinski definition) is 2. The number of amides is 1. The van der Waals surface area contributed by atoms with E-state index in [1.807, 2.05) is 38.1 Å². The van der Waals surface area contributed by atoms with Gasteiger partial charge in [-0.15, -0.1) is 0 Å². The first-order valence-electron chi connectivity index (χ1n) is 6.92. The Morgan fingerprint density at radius 2 is 1.90 bits per heavy atom. The van der Waals surface area contributed by atoms with Crippen molar-refractivity contribution in [3.05, 3.63) is 24.3 Å². The molecule has 0 saturated heterocycles. The monoisotopic (exact) mass is 280 g/mol. The van der Waals surface area contributed by atoms with Gasteiger partial charge in [-0.2, -0.15) is 0 Å². The lowest BCUT2D eigenvalue weighted by Gasteiger charge is -2.12. The maximum Gasteiger partial charge on any atom is 0.234 e. The first-order chi connectivity index (χ1) is 9.65. The number of benzene rings is 1. The lowest BCUT2D eigenvalue weighted by atomic mass is 10.2. The van der Waals surface area contributed by atoms with Crippen LogP contribution < -0.4 is 20.1 Å². The van der Waals surface area contributed by atoms with Crippen LogP contribution in [0.5, 0.6) is 11.5 Å². The van der Waals surface area contributed by atoms with Gasteiger partial charge in [-0.05, 0) is 37.6 Å². The zero-order valence-corrected chi connectivity index (χ0v) is 12.4. The van der Waals surface area contributed by atoms with Crippen LogP contribution in [-0.2, 0) is 4.79 Å². The van der Waals surface area contributed by atoms with Gasteiger partial charge in [0.1, 0.15) is 18.1 Å². The Hall–Kier alpha value is -1.75. The van der Waals surface area contributed by atoms with Gasteiger partial charge in [-0.25, -0.2) is 0 Å². The zero-order valence-electron chi connectivity index (χ0n) is 12.4. The van der Waals surface area contributed by atoms with E-state index in [-0.39, 0.29) is 11.9 Å². The average molecular weight is 280 g/mol. The smallest absolute Gasteiger partial charge is 0.234 e. The molecule has 0 spiro atoms. The second-order valence-corrected chi connectivity index (χ2v) is 4.58. The molecule has 1 aromatic carbocycles. The average Bonchev–Trinajstić information content (AvgIpc) is 2.47. The standard InChI is InChI=1S/C15H24N2O3/c1-4-12(2)17-15(18)11-16-9-10-20-14-7-5-13(19-3)6-8-14/h5-8,12,16H,4,9-11H2,1-3H3,(H,17,18). The first kappa shape index (κ1) is 16.3. The SMILES string of the molecule is CCC(C)NC(=O)CNCCOc1ccc(OC)cc1. The molecule has 0 aliphatic carbocycles. The summed E-state index contributed by atoms with van der Waals surface area (Å²) in [6.45, 7) is 5.49. The van der Waals surface area contributed by atoms with Gasteiger partial charge in [0.15, 0.2) is 0 Å². The van der Waals surface area contributed by atoms with Crippen molar-refractivity contribution < 1.29 is 14.3 Å². The summed E-state index contributed by atoms with van der Waals surface area (Å²) in [5, 5.41) is 5.94. The minimum absolute atomic E-state index is 0.0174. The summed E-state index contributed by atoms with van der Waals surface area (Å²) in [5.74, 6) is 1.61. The number of carbonyl (C=O) groups is 1. The highest BCUT2D eigenvalue weighted by Gasteiger charge is 2.04. The van der Waals surface area contributed by atoms with Gasteiger partial charge in [0.05, 0.1) is 13.7 Å². The normalized spacial score (nSPS) is 11.8. The molecule has 5 heteroatoms. The van der Waals surface area contributed by atoms with E-state index in [9.17, 15) is 4.79 Å². The molecule has 1 unspecified atom stereocenters. The Morgan fingerprint density at radius 1 is 1.25 bits per heavy atom. The fraction of sp³-hybridized carbons (Fsp3) is 0.533. The molecule has 0 heterocycles. The van der Waals surface area contributed by atoms with Crippen LogP contribution in [0.3, 0.4) is 0 Å². The number of methoxy groups -OCH3 is 1. The second-order valence-electron chi connectivity index (χ2n) is 4.58. The Bertz CT molecular complexity index is 393. The Morgan fingerprint density at radius 3 is 2.50 bits per heavy atom. The van der Waals surface area contributed by atoms with Crippen LogP contribution >= 0.6 is 0 Å². The van der Waals surface area contributed by atoms with Crippen molar-refractivity contribution in [3.63, 3.8) is 0 Å². The number of hydrogen-bond acceptors (Lipinski definition) is 4. The van der Waals surface area contributed by atoms with E-state index < -0.39 is 0 Å². The van der Waals surface area contributed by atoms with Gasteiger partial charge in [0, 0.05) is 12.6 Å². The summed E-state index contributed by atoms with van der Waals surface area (Å²) >= 11 is 0. The fourth-order valence-electron chi connectivity index (χ4n) is 1.54. The molecule has 0 aliphatic heterocycles. The third-order valence-electron chi connectivity index (χ3n) is 2.91. The molecule has 0 bridgehead atoms. The predicted molar refractivity (Wildman–Crippen MR) is 79.3 cm³/mol. The van der Waals surface area contributed by atoms with Gasteiger partial charge in [0.2, 0.25) is 5.91 Å². The van der Waals surface area contributed by atoms with E-state index >= 15 is 0 Å². The Balaban J connectivity index is 2.11. The molecule has 5 nitrogen and oxygen atoms in total. The van der Waals surface area contributed by atoms with Gasteiger partial charge in [-0.3, -0.25) is 4.79 Å². The van der Waals surface area contributed by atoms with Gasteiger partial charge < -0.3 is 20.1 Å². The van der Waals surface area contributed by atoms with E-state index in [1.165, 1.54) is 0 Å². The highest BCUT2D eigenvalue weighted by molar-refractivity contribution is 5.78. The molecule has 1 aromatic rings. The molecule has 20 heavy (non-hydrogen) atoms. The summed E-state index contributed by atoms with van der Waals surface area (Å²) in [5.41, 5.74) is 0. The van der Waals surface area contributed by atoms with Gasteiger partial charge in [0.25, 0.3) is 0 Å².